The van der Waals surface area contributed by atoms with Gasteiger partial charge in [0, 0.05) is 19.4 Å². The smallest absolute Gasteiger partial charge is 0.321 e. The van der Waals surface area contributed by atoms with E-state index in [0.29, 0.717) is 11.9 Å². The molecule has 0 fully saturated rings. The average Bonchev–Trinajstić information content (AvgIpc) is 2.73. The van der Waals surface area contributed by atoms with E-state index < -0.39 is 17.4 Å². The molecule has 8 heteroatoms. The van der Waals surface area contributed by atoms with Crippen molar-refractivity contribution in [2.45, 2.75) is 6.18 Å². The van der Waals surface area contributed by atoms with Gasteiger partial charge in [-0.25, -0.2) is 9.97 Å². The molecule has 2 aromatic heterocycles. The molecule has 0 bridgehead atoms. The highest BCUT2D eigenvalue weighted by molar-refractivity contribution is 5.51. The first-order valence-electron chi connectivity index (χ1n) is 5.06. The number of halogens is 3. The van der Waals surface area contributed by atoms with Gasteiger partial charge < -0.3 is 5.32 Å². The first kappa shape index (κ1) is 12.9. The number of aryl methyl sites for hydroxylation is 1. The van der Waals surface area contributed by atoms with Crippen molar-refractivity contribution < 1.29 is 13.2 Å². The number of anilines is 2. The normalized spacial score (nSPS) is 11.1. The predicted molar refractivity (Wildman–Crippen MR) is 61.5 cm³/mol. The average molecular weight is 267 g/mol. The minimum absolute atomic E-state index is 0.0195. The summed E-state index contributed by atoms with van der Waals surface area (Å²) in [5, 5.41) is 6.60. The number of terminal acetylenes is 1. The van der Waals surface area contributed by atoms with E-state index in [0.717, 1.165) is 0 Å². The zero-order valence-electron chi connectivity index (χ0n) is 9.73. The van der Waals surface area contributed by atoms with Crippen LogP contribution in [0.3, 0.4) is 0 Å². The summed E-state index contributed by atoms with van der Waals surface area (Å²) in [7, 11) is 1.70. The van der Waals surface area contributed by atoms with Crippen LogP contribution >= 0.6 is 0 Å². The Balaban J connectivity index is 2.32. The molecule has 19 heavy (non-hydrogen) atoms. The summed E-state index contributed by atoms with van der Waals surface area (Å²) in [6, 6.07) is 0. The third-order valence-corrected chi connectivity index (χ3v) is 2.19. The summed E-state index contributed by atoms with van der Waals surface area (Å²) in [4.78, 5) is 7.23. The second-order valence-electron chi connectivity index (χ2n) is 3.63. The van der Waals surface area contributed by atoms with E-state index in [1.807, 2.05) is 5.92 Å². The van der Waals surface area contributed by atoms with E-state index in [2.05, 4.69) is 20.4 Å². The zero-order valence-corrected chi connectivity index (χ0v) is 9.73. The van der Waals surface area contributed by atoms with Gasteiger partial charge in [-0.2, -0.15) is 18.3 Å². The highest BCUT2D eigenvalue weighted by atomic mass is 19.4. The fourth-order valence-electron chi connectivity index (χ4n) is 1.37. The third kappa shape index (κ3) is 2.82. The maximum absolute atomic E-state index is 12.6. The molecule has 2 rings (SSSR count). The predicted octanol–water partition coefficient (Wildman–Crippen LogP) is 1.95. The van der Waals surface area contributed by atoms with Crippen molar-refractivity contribution in [2.75, 3.05) is 5.32 Å². The molecule has 2 aromatic rings. The van der Waals surface area contributed by atoms with Gasteiger partial charge in [-0.3, -0.25) is 4.68 Å². The van der Waals surface area contributed by atoms with E-state index in [1.165, 1.54) is 10.9 Å². The number of hydrogen-bond donors (Lipinski definition) is 1. The monoisotopic (exact) mass is 267 g/mol. The molecule has 0 aliphatic heterocycles. The summed E-state index contributed by atoms with van der Waals surface area (Å²) < 4.78 is 39.3. The molecule has 0 unspecified atom stereocenters. The van der Waals surface area contributed by atoms with Gasteiger partial charge in [0.05, 0.1) is 11.9 Å². The van der Waals surface area contributed by atoms with Crippen molar-refractivity contribution in [2.24, 2.45) is 7.05 Å². The van der Waals surface area contributed by atoms with Crippen LogP contribution in [0.15, 0.2) is 18.6 Å². The summed E-state index contributed by atoms with van der Waals surface area (Å²) >= 11 is 0. The molecule has 0 radical (unpaired) electrons. The number of aromatic nitrogens is 4. The van der Waals surface area contributed by atoms with Crippen LogP contribution in [-0.4, -0.2) is 19.7 Å². The van der Waals surface area contributed by atoms with Gasteiger partial charge in [-0.1, -0.05) is 0 Å². The van der Waals surface area contributed by atoms with Crippen molar-refractivity contribution in [1.29, 1.82) is 0 Å². The first-order valence-corrected chi connectivity index (χ1v) is 5.06. The lowest BCUT2D eigenvalue weighted by atomic mass is 10.2. The van der Waals surface area contributed by atoms with Crippen molar-refractivity contribution in [3.63, 3.8) is 0 Å². The molecule has 0 amide bonds. The van der Waals surface area contributed by atoms with Crippen LogP contribution in [0.25, 0.3) is 0 Å². The number of nitrogens with one attached hydrogen (secondary N) is 1. The Kier molecular flexibility index (Phi) is 3.12. The quantitative estimate of drug-likeness (QED) is 0.845. The molecule has 1 N–H and O–H groups in total. The molecule has 0 aromatic carbocycles. The lowest BCUT2D eigenvalue weighted by molar-refractivity contribution is -0.138. The molecule has 0 spiro atoms. The molecule has 0 aliphatic carbocycles. The number of hydrogen-bond acceptors (Lipinski definition) is 4. The third-order valence-electron chi connectivity index (χ3n) is 2.19. The van der Waals surface area contributed by atoms with Gasteiger partial charge >= 0.3 is 6.18 Å². The molecule has 2 heterocycles. The van der Waals surface area contributed by atoms with Crippen LogP contribution in [0.4, 0.5) is 24.8 Å². The largest absolute Gasteiger partial charge is 0.420 e. The Morgan fingerprint density at radius 2 is 2.11 bits per heavy atom. The fraction of sp³-hybridized carbons (Fsp3) is 0.182. The van der Waals surface area contributed by atoms with Crippen molar-refractivity contribution in [3.8, 4) is 12.3 Å². The second-order valence-corrected chi connectivity index (χ2v) is 3.63. The van der Waals surface area contributed by atoms with Crippen LogP contribution in [0.5, 0.6) is 0 Å². The van der Waals surface area contributed by atoms with E-state index in [1.54, 1.807) is 13.2 Å². The SMILES string of the molecule is C#Cc1nc(Nc2cnn(C)c2)ncc1C(F)(F)F. The van der Waals surface area contributed by atoms with E-state index >= 15 is 0 Å². The lowest BCUT2D eigenvalue weighted by Crippen LogP contribution is -2.11. The van der Waals surface area contributed by atoms with Crippen LogP contribution in [0.1, 0.15) is 11.3 Å². The molecule has 0 atom stereocenters. The number of alkyl halides is 3. The minimum Gasteiger partial charge on any atom is -0.321 e. The van der Waals surface area contributed by atoms with E-state index in [9.17, 15) is 13.2 Å². The van der Waals surface area contributed by atoms with Crippen molar-refractivity contribution in [1.82, 2.24) is 19.7 Å². The molecule has 0 aliphatic rings. The van der Waals surface area contributed by atoms with Crippen molar-refractivity contribution >= 4 is 11.6 Å². The topological polar surface area (TPSA) is 55.6 Å². The van der Waals surface area contributed by atoms with E-state index in [4.69, 9.17) is 6.42 Å². The first-order chi connectivity index (χ1) is 8.90. The van der Waals surface area contributed by atoms with Gasteiger partial charge in [-0.05, 0) is 5.92 Å². The Morgan fingerprint density at radius 1 is 1.37 bits per heavy atom. The second kappa shape index (κ2) is 4.61. The highest BCUT2D eigenvalue weighted by Crippen LogP contribution is 2.31. The van der Waals surface area contributed by atoms with Crippen LogP contribution in [0, 0.1) is 12.3 Å². The number of rotatable bonds is 2. The van der Waals surface area contributed by atoms with Crippen molar-refractivity contribution in [3.05, 3.63) is 29.8 Å². The standard InChI is InChI=1S/C11H8F3N5/c1-3-9-8(11(12,13)14)5-15-10(18-9)17-7-4-16-19(2)6-7/h1,4-6H,2H3,(H,15,17,18). The molecule has 0 saturated carbocycles. The van der Waals surface area contributed by atoms with Crippen LogP contribution in [-0.2, 0) is 13.2 Å². The molecule has 98 valence electrons. The Hall–Kier alpha value is -2.56. The maximum Gasteiger partial charge on any atom is 0.420 e. The van der Waals surface area contributed by atoms with Gasteiger partial charge in [0.25, 0.3) is 0 Å². The summed E-state index contributed by atoms with van der Waals surface area (Å²) in [6.45, 7) is 0. The minimum atomic E-state index is -4.57. The zero-order chi connectivity index (χ0) is 14.0. The summed E-state index contributed by atoms with van der Waals surface area (Å²) in [6.07, 6.45) is 4.21. The van der Waals surface area contributed by atoms with Crippen LogP contribution in [0.2, 0.25) is 0 Å². The van der Waals surface area contributed by atoms with Gasteiger partial charge in [0.2, 0.25) is 5.95 Å². The fourth-order valence-corrected chi connectivity index (χ4v) is 1.37. The highest BCUT2D eigenvalue weighted by Gasteiger charge is 2.34. The van der Waals surface area contributed by atoms with Gasteiger partial charge in [-0.15, -0.1) is 6.42 Å². The molecule has 0 saturated heterocycles. The Bertz CT molecular complexity index is 639. The Labute approximate surface area is 106 Å². The Morgan fingerprint density at radius 3 is 2.63 bits per heavy atom. The molecular weight excluding hydrogens is 259 g/mol. The lowest BCUT2D eigenvalue weighted by Gasteiger charge is -2.09. The van der Waals surface area contributed by atoms with Gasteiger partial charge in [0.15, 0.2) is 0 Å². The summed E-state index contributed by atoms with van der Waals surface area (Å²) in [5.41, 5.74) is -0.995. The molecular formula is C11H8F3N5. The van der Waals surface area contributed by atoms with Gasteiger partial charge in [0.1, 0.15) is 11.3 Å². The van der Waals surface area contributed by atoms with E-state index in [-0.39, 0.29) is 5.95 Å². The van der Waals surface area contributed by atoms with Crippen LogP contribution < -0.4 is 5.32 Å². The number of nitrogens with zero attached hydrogens (tertiary/aromatic N) is 4. The maximum atomic E-state index is 12.6. The molecule has 5 nitrogen and oxygen atoms in total. The summed E-state index contributed by atoms with van der Waals surface area (Å²) in [5.74, 6) is 1.88.